The molecule has 2 aromatic rings. The van der Waals surface area contributed by atoms with Crippen molar-refractivity contribution in [2.45, 2.75) is 26.3 Å². The smallest absolute Gasteiger partial charge is 0.128 e. The van der Waals surface area contributed by atoms with Gasteiger partial charge in [0.2, 0.25) is 0 Å². The summed E-state index contributed by atoms with van der Waals surface area (Å²) in [6.45, 7) is 5.20. The predicted octanol–water partition coefficient (Wildman–Crippen LogP) is 4.09. The lowest BCUT2D eigenvalue weighted by molar-refractivity contribution is 0.414. The van der Waals surface area contributed by atoms with Crippen LogP contribution in [0.1, 0.15) is 31.9 Å². The van der Waals surface area contributed by atoms with Crippen molar-refractivity contribution < 1.29 is 4.74 Å². The average Bonchev–Trinajstić information content (AvgIpc) is 2.53. The average molecular weight is 285 g/mol. The maximum atomic E-state index is 5.18. The van der Waals surface area contributed by atoms with Crippen LogP contribution in [0, 0.1) is 0 Å². The van der Waals surface area contributed by atoms with E-state index in [-0.39, 0.29) is 6.04 Å². The highest BCUT2D eigenvalue weighted by Crippen LogP contribution is 2.21. The Morgan fingerprint density at radius 1 is 1.10 bits per heavy atom. The molecule has 0 aliphatic heterocycles. The second-order valence-electron chi connectivity index (χ2n) is 4.97. The molecule has 0 saturated carbocycles. The summed E-state index contributed by atoms with van der Waals surface area (Å²) in [4.78, 5) is 4.56. The van der Waals surface area contributed by atoms with Gasteiger partial charge in [-0.25, -0.2) is 4.98 Å². The number of rotatable bonds is 7. The minimum Gasteiger partial charge on any atom is -0.497 e. The second kappa shape index (κ2) is 7.53. The quantitative estimate of drug-likeness (QED) is 0.804. The van der Waals surface area contributed by atoms with E-state index in [1.54, 1.807) is 7.11 Å². The Morgan fingerprint density at radius 3 is 2.48 bits per heavy atom. The molecule has 4 heteroatoms. The molecule has 2 rings (SSSR count). The number of aromatic nitrogens is 1. The number of hydrogen-bond acceptors (Lipinski definition) is 4. The summed E-state index contributed by atoms with van der Waals surface area (Å²) in [5.74, 6) is 2.65. The van der Waals surface area contributed by atoms with E-state index in [0.717, 1.165) is 30.4 Å². The zero-order chi connectivity index (χ0) is 15.1. The summed E-state index contributed by atoms with van der Waals surface area (Å²) in [6, 6.07) is 14.2. The molecule has 1 unspecified atom stereocenters. The van der Waals surface area contributed by atoms with Gasteiger partial charge in [0.25, 0.3) is 0 Å². The third-order valence-corrected chi connectivity index (χ3v) is 3.29. The van der Waals surface area contributed by atoms with Gasteiger partial charge in [0, 0.05) is 12.6 Å². The molecule has 0 saturated heterocycles. The molecule has 1 aromatic heterocycles. The monoisotopic (exact) mass is 285 g/mol. The molecule has 1 aromatic carbocycles. The lowest BCUT2D eigenvalue weighted by Crippen LogP contribution is -2.09. The van der Waals surface area contributed by atoms with E-state index in [2.05, 4.69) is 41.6 Å². The molecule has 0 radical (unpaired) electrons. The van der Waals surface area contributed by atoms with Gasteiger partial charge in [-0.15, -0.1) is 0 Å². The molecule has 21 heavy (non-hydrogen) atoms. The Balaban J connectivity index is 2.02. The SMILES string of the molecule is CCCNc1cccc(NC(C)c2ccc(OC)cc2)n1. The Hall–Kier alpha value is -2.23. The molecular formula is C17H23N3O. The third kappa shape index (κ3) is 4.38. The molecule has 0 aliphatic rings. The van der Waals surface area contributed by atoms with E-state index >= 15 is 0 Å². The molecule has 1 heterocycles. The van der Waals surface area contributed by atoms with Crippen LogP contribution in [0.4, 0.5) is 11.6 Å². The molecule has 0 amide bonds. The van der Waals surface area contributed by atoms with Crippen molar-refractivity contribution in [3.63, 3.8) is 0 Å². The summed E-state index contributed by atoms with van der Waals surface area (Å²) in [5, 5.41) is 6.72. The first-order valence-electron chi connectivity index (χ1n) is 7.34. The predicted molar refractivity (Wildman–Crippen MR) is 88.0 cm³/mol. The van der Waals surface area contributed by atoms with Crippen LogP contribution in [0.5, 0.6) is 5.75 Å². The first-order valence-corrected chi connectivity index (χ1v) is 7.34. The van der Waals surface area contributed by atoms with Gasteiger partial charge >= 0.3 is 0 Å². The van der Waals surface area contributed by atoms with Crippen LogP contribution < -0.4 is 15.4 Å². The van der Waals surface area contributed by atoms with Crippen molar-refractivity contribution in [3.8, 4) is 5.75 Å². The van der Waals surface area contributed by atoms with Crippen LogP contribution in [0.3, 0.4) is 0 Å². The van der Waals surface area contributed by atoms with Crippen LogP contribution in [0.25, 0.3) is 0 Å². The highest BCUT2D eigenvalue weighted by Gasteiger charge is 2.06. The fourth-order valence-electron chi connectivity index (χ4n) is 2.06. The number of methoxy groups -OCH3 is 1. The van der Waals surface area contributed by atoms with Crippen molar-refractivity contribution in [2.75, 3.05) is 24.3 Å². The number of benzene rings is 1. The van der Waals surface area contributed by atoms with E-state index in [9.17, 15) is 0 Å². The van der Waals surface area contributed by atoms with E-state index in [4.69, 9.17) is 4.74 Å². The maximum Gasteiger partial charge on any atom is 0.128 e. The van der Waals surface area contributed by atoms with Crippen molar-refractivity contribution >= 4 is 11.6 Å². The Kier molecular flexibility index (Phi) is 5.43. The van der Waals surface area contributed by atoms with Crippen molar-refractivity contribution in [2.24, 2.45) is 0 Å². The van der Waals surface area contributed by atoms with E-state index in [0.29, 0.717) is 0 Å². The molecule has 0 spiro atoms. The molecule has 0 aliphatic carbocycles. The zero-order valence-corrected chi connectivity index (χ0v) is 12.9. The van der Waals surface area contributed by atoms with E-state index in [1.807, 2.05) is 30.3 Å². The highest BCUT2D eigenvalue weighted by molar-refractivity contribution is 5.46. The molecule has 4 nitrogen and oxygen atoms in total. The minimum absolute atomic E-state index is 0.185. The molecule has 112 valence electrons. The minimum atomic E-state index is 0.185. The van der Waals surface area contributed by atoms with Gasteiger partial charge in [0.1, 0.15) is 17.4 Å². The standard InChI is InChI=1S/C17H23N3O/c1-4-12-18-16-6-5-7-17(20-16)19-13(2)14-8-10-15(21-3)11-9-14/h5-11,13H,4,12H2,1-3H3,(H2,18,19,20). The number of hydrogen-bond donors (Lipinski definition) is 2. The van der Waals surface area contributed by atoms with Gasteiger partial charge in [-0.2, -0.15) is 0 Å². The van der Waals surface area contributed by atoms with Gasteiger partial charge in [0.15, 0.2) is 0 Å². The number of anilines is 2. The van der Waals surface area contributed by atoms with Crippen LogP contribution in [0.2, 0.25) is 0 Å². The van der Waals surface area contributed by atoms with E-state index < -0.39 is 0 Å². The molecule has 2 N–H and O–H groups in total. The van der Waals surface area contributed by atoms with Gasteiger partial charge < -0.3 is 15.4 Å². The van der Waals surface area contributed by atoms with Crippen molar-refractivity contribution in [1.82, 2.24) is 4.98 Å². The topological polar surface area (TPSA) is 46.2 Å². The van der Waals surface area contributed by atoms with Crippen LogP contribution in [-0.2, 0) is 0 Å². The normalized spacial score (nSPS) is 11.8. The van der Waals surface area contributed by atoms with Crippen molar-refractivity contribution in [3.05, 3.63) is 48.0 Å². The van der Waals surface area contributed by atoms with E-state index in [1.165, 1.54) is 5.56 Å². The number of ether oxygens (including phenoxy) is 1. The summed E-state index contributed by atoms with van der Waals surface area (Å²) >= 11 is 0. The Morgan fingerprint density at radius 2 is 1.81 bits per heavy atom. The fourth-order valence-corrected chi connectivity index (χ4v) is 2.06. The van der Waals surface area contributed by atoms with Crippen molar-refractivity contribution in [1.29, 1.82) is 0 Å². The van der Waals surface area contributed by atoms with Crippen LogP contribution in [0.15, 0.2) is 42.5 Å². The fraction of sp³-hybridized carbons (Fsp3) is 0.353. The van der Waals surface area contributed by atoms with Crippen LogP contribution in [-0.4, -0.2) is 18.6 Å². The van der Waals surface area contributed by atoms with Gasteiger partial charge in [-0.3, -0.25) is 0 Å². The van der Waals surface area contributed by atoms with Crippen LogP contribution >= 0.6 is 0 Å². The van der Waals surface area contributed by atoms with Gasteiger partial charge in [-0.1, -0.05) is 25.1 Å². The molecule has 0 bridgehead atoms. The Labute approximate surface area is 126 Å². The summed E-state index contributed by atoms with van der Waals surface area (Å²) < 4.78 is 5.18. The number of nitrogens with one attached hydrogen (secondary N) is 2. The van der Waals surface area contributed by atoms with Gasteiger partial charge in [0.05, 0.1) is 7.11 Å². The third-order valence-electron chi connectivity index (χ3n) is 3.29. The second-order valence-corrected chi connectivity index (χ2v) is 4.97. The van der Waals surface area contributed by atoms with Gasteiger partial charge in [-0.05, 0) is 43.2 Å². The summed E-state index contributed by atoms with van der Waals surface area (Å²) in [7, 11) is 1.68. The first-order chi connectivity index (χ1) is 10.2. The zero-order valence-electron chi connectivity index (χ0n) is 12.9. The summed E-state index contributed by atoms with van der Waals surface area (Å²) in [6.07, 6.45) is 1.08. The number of nitrogens with zero attached hydrogens (tertiary/aromatic N) is 1. The lowest BCUT2D eigenvalue weighted by atomic mass is 10.1. The summed E-state index contributed by atoms with van der Waals surface area (Å²) in [5.41, 5.74) is 1.20. The Bertz CT molecular complexity index is 554. The molecule has 1 atom stereocenters. The molecular weight excluding hydrogens is 262 g/mol. The molecule has 0 fully saturated rings. The largest absolute Gasteiger partial charge is 0.497 e. The highest BCUT2D eigenvalue weighted by atomic mass is 16.5. The maximum absolute atomic E-state index is 5.18. The number of pyridine rings is 1. The first kappa shape index (κ1) is 15.2. The lowest BCUT2D eigenvalue weighted by Gasteiger charge is -2.16.